The van der Waals surface area contributed by atoms with Crippen molar-refractivity contribution in [2.75, 3.05) is 0 Å². The third kappa shape index (κ3) is 5.95. The predicted molar refractivity (Wildman–Crippen MR) is 62.0 cm³/mol. The van der Waals surface area contributed by atoms with Gasteiger partial charge in [0.05, 0.1) is 0 Å². The molecule has 0 amide bonds. The Hall–Kier alpha value is -0.341. The van der Waals surface area contributed by atoms with E-state index in [4.69, 9.17) is 11.6 Å². The number of carbonyl (C=O) groups excluding carboxylic acids is 1. The first-order chi connectivity index (χ1) is 6.70. The van der Waals surface area contributed by atoms with Crippen LogP contribution in [0.25, 0.3) is 0 Å². The molecule has 0 atom stereocenters. The summed E-state index contributed by atoms with van der Waals surface area (Å²) in [6.45, 7) is 0. The summed E-state index contributed by atoms with van der Waals surface area (Å²) in [7, 11) is 0. The van der Waals surface area contributed by atoms with Crippen LogP contribution in [0.5, 0.6) is 0 Å². The minimum Gasteiger partial charge on any atom is -0.747 e. The second-order valence-corrected chi connectivity index (χ2v) is 3.81. The van der Waals surface area contributed by atoms with Gasteiger partial charge in [-0.25, -0.2) is 12.1 Å². The second kappa shape index (κ2) is 7.89. The Labute approximate surface area is 113 Å². The van der Waals surface area contributed by atoms with E-state index in [0.29, 0.717) is 5.56 Å². The van der Waals surface area contributed by atoms with Gasteiger partial charge in [-0.1, -0.05) is 17.2 Å². The van der Waals surface area contributed by atoms with Crippen LogP contribution in [0, 0.1) is 0 Å². The summed E-state index contributed by atoms with van der Waals surface area (Å²) in [6.07, 6.45) is 0. The number of rotatable bonds is 1. The van der Waals surface area contributed by atoms with E-state index < -0.39 is 5.24 Å². The smallest absolute Gasteiger partial charge is 0.197 e. The molecule has 0 saturated heterocycles. The number of carbonyl (C=O) groups is 1. The van der Waals surface area contributed by atoms with Crippen LogP contribution in [-0.4, -0.2) is 5.24 Å². The fraction of sp³-hybridized carbons (Fsp3) is 0. The standard InChI is InChI=1S/C6H4ClO.C5H4Br.Fe/c7-6(8)5-3-1-2-4-5;6-5-3-1-2-4-5;/h1-4H;1-4H;/q-1;-5;. The first kappa shape index (κ1) is 14.7. The van der Waals surface area contributed by atoms with Gasteiger partial charge >= 0.3 is 0 Å². The van der Waals surface area contributed by atoms with Crippen LogP contribution in [0.1, 0.15) is 10.4 Å². The first-order valence-electron chi connectivity index (χ1n) is 3.99. The molecule has 15 heavy (non-hydrogen) atoms. The second-order valence-electron chi connectivity index (χ2n) is 2.55. The van der Waals surface area contributed by atoms with Gasteiger partial charge < -0.3 is 44.7 Å². The number of halogens is 2. The largest absolute Gasteiger partial charge is 0.747 e. The average molecular weight is 327 g/mol. The maximum absolute atomic E-state index is 10.3. The van der Waals surface area contributed by atoms with Gasteiger partial charge in [0.1, 0.15) is 0 Å². The molecule has 0 radical (unpaired) electrons. The summed E-state index contributed by atoms with van der Waals surface area (Å²) in [5.74, 6) is 0. The molecule has 0 fully saturated rings. The zero-order valence-electron chi connectivity index (χ0n) is 7.64. The molecule has 2 rings (SSSR count). The van der Waals surface area contributed by atoms with Gasteiger partial charge in [0.25, 0.3) is 0 Å². The van der Waals surface area contributed by atoms with Crippen LogP contribution in [-0.2, 0) is 17.1 Å². The zero-order chi connectivity index (χ0) is 10.4. The van der Waals surface area contributed by atoms with E-state index in [1.807, 2.05) is 24.3 Å². The van der Waals surface area contributed by atoms with Crippen molar-refractivity contribution in [1.82, 2.24) is 0 Å². The minimum atomic E-state index is -0.394. The van der Waals surface area contributed by atoms with Crippen molar-refractivity contribution in [2.45, 2.75) is 0 Å². The van der Waals surface area contributed by atoms with E-state index in [1.165, 1.54) is 0 Å². The SMILES string of the molecule is Br[c-]1[cH-][cH-][cH-][cH-]1.O=C(Cl)[c-]1cccc1.[Fe]. The molecule has 0 spiro atoms. The zero-order valence-corrected chi connectivity index (χ0v) is 11.1. The molecule has 2 aromatic rings. The molecule has 0 aromatic heterocycles. The van der Waals surface area contributed by atoms with Crippen LogP contribution in [0.15, 0.2) is 53.0 Å². The van der Waals surface area contributed by atoms with Crippen LogP contribution in [0.3, 0.4) is 0 Å². The molecule has 0 aliphatic heterocycles. The van der Waals surface area contributed by atoms with E-state index in [2.05, 4.69) is 15.9 Å². The summed E-state index contributed by atoms with van der Waals surface area (Å²) in [6, 6.07) is 14.9. The molecule has 0 aliphatic carbocycles. The monoisotopic (exact) mass is 326 g/mol. The van der Waals surface area contributed by atoms with Gasteiger partial charge in [0.15, 0.2) is 5.24 Å². The Kier molecular flexibility index (Phi) is 7.71. The Balaban J connectivity index is 0.000000253. The molecule has 2 aromatic carbocycles. The Morgan fingerprint density at radius 2 is 1.67 bits per heavy atom. The Morgan fingerprint density at radius 1 is 1.20 bits per heavy atom. The van der Waals surface area contributed by atoms with Crippen molar-refractivity contribution in [2.24, 2.45) is 0 Å². The molecule has 1 nitrogen and oxygen atoms in total. The van der Waals surface area contributed by atoms with Gasteiger partial charge in [-0.05, 0) is 0 Å². The fourth-order valence-corrected chi connectivity index (χ4v) is 1.29. The summed E-state index contributed by atoms with van der Waals surface area (Å²) in [5.41, 5.74) is 0.562. The molecule has 0 N–H and O–H groups in total. The van der Waals surface area contributed by atoms with Crippen molar-refractivity contribution in [3.05, 3.63) is 58.6 Å². The van der Waals surface area contributed by atoms with E-state index in [-0.39, 0.29) is 17.1 Å². The van der Waals surface area contributed by atoms with Crippen molar-refractivity contribution in [3.8, 4) is 0 Å². The van der Waals surface area contributed by atoms with Crippen molar-refractivity contribution in [1.29, 1.82) is 0 Å². The summed E-state index contributed by atoms with van der Waals surface area (Å²) >= 11 is 8.39. The predicted octanol–water partition coefficient (Wildman–Crippen LogP) is 3.95. The van der Waals surface area contributed by atoms with Crippen molar-refractivity contribution < 1.29 is 21.9 Å². The van der Waals surface area contributed by atoms with E-state index in [0.717, 1.165) is 4.47 Å². The van der Waals surface area contributed by atoms with Gasteiger partial charge in [-0.15, -0.1) is 0 Å². The van der Waals surface area contributed by atoms with Crippen LogP contribution in [0.4, 0.5) is 0 Å². The van der Waals surface area contributed by atoms with Gasteiger partial charge in [-0.3, -0.25) is 4.79 Å². The molecular weight excluding hydrogens is 319 g/mol. The minimum absolute atomic E-state index is 0. The first-order valence-corrected chi connectivity index (χ1v) is 5.16. The Bertz CT molecular complexity index is 367. The van der Waals surface area contributed by atoms with Crippen LogP contribution >= 0.6 is 27.5 Å². The number of hydrogen-bond donors (Lipinski definition) is 0. The molecule has 4 heteroatoms. The van der Waals surface area contributed by atoms with Crippen molar-refractivity contribution in [3.63, 3.8) is 0 Å². The molecule has 86 valence electrons. The molecule has 0 saturated carbocycles. The Morgan fingerprint density at radius 3 is 1.87 bits per heavy atom. The van der Waals surface area contributed by atoms with E-state index >= 15 is 0 Å². The average Bonchev–Trinajstić information content (AvgIpc) is 2.75. The molecular formula is C11H8BrClFeO-6. The maximum atomic E-state index is 10.3. The van der Waals surface area contributed by atoms with Crippen LogP contribution < -0.4 is 0 Å². The molecule has 0 aliphatic rings. The molecule has 0 heterocycles. The quantitative estimate of drug-likeness (QED) is 0.440. The summed E-state index contributed by atoms with van der Waals surface area (Å²) in [4.78, 5) is 10.3. The fourth-order valence-electron chi connectivity index (χ4n) is 0.856. The van der Waals surface area contributed by atoms with Gasteiger partial charge in [-0.2, -0.15) is 12.1 Å². The normalized spacial score (nSPS) is 8.40. The summed E-state index contributed by atoms with van der Waals surface area (Å²) in [5, 5.41) is -0.394. The molecule has 0 bridgehead atoms. The topological polar surface area (TPSA) is 17.1 Å². The number of hydrogen-bond acceptors (Lipinski definition) is 1. The summed E-state index contributed by atoms with van der Waals surface area (Å²) < 4.78 is 1.16. The third-order valence-corrected chi connectivity index (χ3v) is 2.26. The van der Waals surface area contributed by atoms with E-state index in [9.17, 15) is 4.79 Å². The van der Waals surface area contributed by atoms with Gasteiger partial charge in [0.2, 0.25) is 0 Å². The maximum Gasteiger partial charge on any atom is 0.197 e. The molecule has 0 unspecified atom stereocenters. The van der Waals surface area contributed by atoms with Crippen molar-refractivity contribution >= 4 is 32.8 Å². The van der Waals surface area contributed by atoms with Crippen LogP contribution in [0.2, 0.25) is 0 Å². The van der Waals surface area contributed by atoms with Gasteiger partial charge in [0, 0.05) is 17.1 Å². The third-order valence-electron chi connectivity index (χ3n) is 1.51. The van der Waals surface area contributed by atoms with E-state index in [1.54, 1.807) is 24.3 Å².